The van der Waals surface area contributed by atoms with E-state index < -0.39 is 27.6 Å². The monoisotopic (exact) mass is 371 g/mol. The normalized spacial score (nSPS) is 11.8. The molecule has 0 aromatic heterocycles. The number of aliphatic carboxylic acids is 1. The van der Waals surface area contributed by atoms with Crippen molar-refractivity contribution >= 4 is 27.7 Å². The fourth-order valence-corrected chi connectivity index (χ4v) is 3.79. The summed E-state index contributed by atoms with van der Waals surface area (Å²) >= 11 is 0. The number of sulfonamides is 1. The Kier molecular flexibility index (Phi) is 6.95. The standard InChI is InChI=1S/C16H25N3O5S/c1-11-12(18-15(22)17-10-6-9-14(20)21)7-5-8-13(11)25(23,24)19-16(2,3)4/h5,7-8,19H,6,9-10H2,1-4H3,(H,20,21)(H2,17,18,22). The molecular weight excluding hydrogens is 346 g/mol. The third-order valence-corrected chi connectivity index (χ3v) is 5.02. The van der Waals surface area contributed by atoms with Crippen LogP contribution < -0.4 is 15.4 Å². The zero-order valence-corrected chi connectivity index (χ0v) is 15.7. The SMILES string of the molecule is Cc1c(NC(=O)NCCCC(=O)O)cccc1S(=O)(=O)NC(C)(C)C. The van der Waals surface area contributed by atoms with E-state index in [9.17, 15) is 18.0 Å². The second-order valence-corrected chi connectivity index (χ2v) is 8.31. The van der Waals surface area contributed by atoms with Crippen LogP contribution in [0, 0.1) is 6.92 Å². The third-order valence-electron chi connectivity index (χ3n) is 3.12. The van der Waals surface area contributed by atoms with Gasteiger partial charge in [0.1, 0.15) is 0 Å². The van der Waals surface area contributed by atoms with Gasteiger partial charge in [-0.25, -0.2) is 17.9 Å². The van der Waals surface area contributed by atoms with Gasteiger partial charge in [-0.3, -0.25) is 4.79 Å². The van der Waals surface area contributed by atoms with E-state index in [1.165, 1.54) is 6.07 Å². The number of carbonyl (C=O) groups excluding carboxylic acids is 1. The number of hydrogen-bond donors (Lipinski definition) is 4. The average Bonchev–Trinajstić information content (AvgIpc) is 2.43. The number of rotatable bonds is 7. The first-order valence-corrected chi connectivity index (χ1v) is 9.31. The van der Waals surface area contributed by atoms with Crippen molar-refractivity contribution in [3.8, 4) is 0 Å². The number of urea groups is 1. The van der Waals surface area contributed by atoms with Crippen molar-refractivity contribution in [1.29, 1.82) is 0 Å². The Labute approximate surface area is 148 Å². The first-order chi connectivity index (χ1) is 11.4. The highest BCUT2D eigenvalue weighted by atomic mass is 32.2. The largest absolute Gasteiger partial charge is 0.481 e. The van der Waals surface area contributed by atoms with Gasteiger partial charge < -0.3 is 15.7 Å². The fraction of sp³-hybridized carbons (Fsp3) is 0.500. The van der Waals surface area contributed by atoms with Gasteiger partial charge in [0, 0.05) is 24.2 Å². The molecule has 2 amide bonds. The summed E-state index contributed by atoms with van der Waals surface area (Å²) < 4.78 is 27.5. The molecule has 0 aliphatic carbocycles. The van der Waals surface area contributed by atoms with Crippen LogP contribution in [0.5, 0.6) is 0 Å². The zero-order chi connectivity index (χ0) is 19.3. The van der Waals surface area contributed by atoms with Crippen molar-refractivity contribution in [2.24, 2.45) is 0 Å². The highest BCUT2D eigenvalue weighted by molar-refractivity contribution is 7.89. The molecule has 1 aromatic rings. The molecule has 8 nitrogen and oxygen atoms in total. The quantitative estimate of drug-likeness (QED) is 0.546. The minimum absolute atomic E-state index is 0.0362. The predicted molar refractivity (Wildman–Crippen MR) is 95.1 cm³/mol. The summed E-state index contributed by atoms with van der Waals surface area (Å²) in [6.45, 7) is 7.05. The molecule has 0 spiro atoms. The number of anilines is 1. The fourth-order valence-electron chi connectivity index (χ4n) is 2.11. The van der Waals surface area contributed by atoms with Crippen molar-refractivity contribution in [3.05, 3.63) is 23.8 Å². The van der Waals surface area contributed by atoms with Crippen molar-refractivity contribution < 1.29 is 23.1 Å². The molecule has 4 N–H and O–H groups in total. The summed E-state index contributed by atoms with van der Waals surface area (Å²) in [6.07, 6.45) is 0.275. The lowest BCUT2D eigenvalue weighted by Gasteiger charge is -2.22. The van der Waals surface area contributed by atoms with Crippen molar-refractivity contribution in [2.45, 2.75) is 51.0 Å². The number of hydrogen-bond acceptors (Lipinski definition) is 4. The second-order valence-electron chi connectivity index (χ2n) is 6.66. The van der Waals surface area contributed by atoms with E-state index in [4.69, 9.17) is 5.11 Å². The zero-order valence-electron chi connectivity index (χ0n) is 14.8. The van der Waals surface area contributed by atoms with Crippen LogP contribution >= 0.6 is 0 Å². The number of nitrogens with one attached hydrogen (secondary N) is 3. The van der Waals surface area contributed by atoms with E-state index in [1.807, 2.05) is 0 Å². The molecule has 0 heterocycles. The molecule has 0 atom stereocenters. The lowest BCUT2D eigenvalue weighted by atomic mass is 10.1. The molecule has 0 saturated carbocycles. The van der Waals surface area contributed by atoms with Gasteiger partial charge in [-0.2, -0.15) is 0 Å². The molecule has 0 unspecified atom stereocenters. The summed E-state index contributed by atoms with van der Waals surface area (Å²) in [6, 6.07) is 4.10. The molecule has 0 aliphatic heterocycles. The van der Waals surface area contributed by atoms with Crippen molar-refractivity contribution in [3.63, 3.8) is 0 Å². The van der Waals surface area contributed by atoms with Crippen LogP contribution in [0.1, 0.15) is 39.2 Å². The van der Waals surface area contributed by atoms with Gasteiger partial charge in [0.05, 0.1) is 4.90 Å². The van der Waals surface area contributed by atoms with Gasteiger partial charge >= 0.3 is 12.0 Å². The smallest absolute Gasteiger partial charge is 0.319 e. The lowest BCUT2D eigenvalue weighted by molar-refractivity contribution is -0.137. The molecule has 0 radical (unpaired) electrons. The van der Waals surface area contributed by atoms with Crippen LogP contribution in [0.25, 0.3) is 0 Å². The van der Waals surface area contributed by atoms with Crippen LogP contribution in [-0.4, -0.2) is 37.6 Å². The Morgan fingerprint density at radius 1 is 1.20 bits per heavy atom. The van der Waals surface area contributed by atoms with Gasteiger partial charge in [-0.05, 0) is 51.8 Å². The van der Waals surface area contributed by atoms with Gasteiger partial charge in [0.25, 0.3) is 0 Å². The Morgan fingerprint density at radius 3 is 2.40 bits per heavy atom. The Hall–Kier alpha value is -2.13. The van der Waals surface area contributed by atoms with E-state index in [2.05, 4.69) is 15.4 Å². The van der Waals surface area contributed by atoms with E-state index in [0.717, 1.165) is 0 Å². The average molecular weight is 371 g/mol. The first kappa shape index (κ1) is 20.9. The summed E-state index contributed by atoms with van der Waals surface area (Å²) in [5.74, 6) is -0.928. The van der Waals surface area contributed by atoms with Crippen LogP contribution in [0.15, 0.2) is 23.1 Å². The maximum absolute atomic E-state index is 12.5. The Bertz CT molecular complexity index is 739. The van der Waals surface area contributed by atoms with Crippen molar-refractivity contribution in [1.82, 2.24) is 10.0 Å². The van der Waals surface area contributed by atoms with E-state index >= 15 is 0 Å². The molecule has 0 aliphatic rings. The highest BCUT2D eigenvalue weighted by Crippen LogP contribution is 2.24. The van der Waals surface area contributed by atoms with Gasteiger partial charge in [0.15, 0.2) is 0 Å². The maximum atomic E-state index is 12.5. The van der Waals surface area contributed by atoms with E-state index in [-0.39, 0.29) is 17.9 Å². The van der Waals surface area contributed by atoms with Crippen LogP contribution in [0.2, 0.25) is 0 Å². The topological polar surface area (TPSA) is 125 Å². The Balaban J connectivity index is 2.84. The van der Waals surface area contributed by atoms with E-state index in [0.29, 0.717) is 17.7 Å². The molecule has 1 aromatic carbocycles. The minimum atomic E-state index is -3.72. The molecule has 0 fully saturated rings. The number of carbonyl (C=O) groups is 2. The van der Waals surface area contributed by atoms with Crippen LogP contribution in [0.3, 0.4) is 0 Å². The second kappa shape index (κ2) is 8.30. The number of amides is 2. The van der Waals surface area contributed by atoms with Gasteiger partial charge in [0.2, 0.25) is 10.0 Å². The summed E-state index contributed by atoms with van der Waals surface area (Å²) in [5, 5.41) is 13.7. The Morgan fingerprint density at radius 2 is 1.84 bits per heavy atom. The van der Waals surface area contributed by atoms with Crippen molar-refractivity contribution in [2.75, 3.05) is 11.9 Å². The lowest BCUT2D eigenvalue weighted by Crippen LogP contribution is -2.40. The van der Waals surface area contributed by atoms with Gasteiger partial charge in [-0.15, -0.1) is 0 Å². The number of carboxylic acid groups (broad SMARTS) is 1. The third kappa shape index (κ3) is 7.10. The summed E-state index contributed by atoms with van der Waals surface area (Å²) in [5.41, 5.74) is 0.156. The van der Waals surface area contributed by atoms with Gasteiger partial charge in [-0.1, -0.05) is 6.07 Å². The number of benzene rings is 1. The van der Waals surface area contributed by atoms with Crippen LogP contribution in [0.4, 0.5) is 10.5 Å². The van der Waals surface area contributed by atoms with E-state index in [1.54, 1.807) is 39.8 Å². The minimum Gasteiger partial charge on any atom is -0.481 e. The first-order valence-electron chi connectivity index (χ1n) is 7.82. The summed E-state index contributed by atoms with van der Waals surface area (Å²) in [7, 11) is -3.72. The number of carboxylic acids is 1. The maximum Gasteiger partial charge on any atom is 0.319 e. The molecule has 25 heavy (non-hydrogen) atoms. The predicted octanol–water partition coefficient (Wildman–Crippen LogP) is 2.06. The molecule has 140 valence electrons. The molecule has 0 bridgehead atoms. The molecule has 0 saturated heterocycles. The molecular formula is C16H25N3O5S. The summed E-state index contributed by atoms with van der Waals surface area (Å²) in [4.78, 5) is 22.4. The molecule has 9 heteroatoms. The molecule has 1 rings (SSSR count). The highest BCUT2D eigenvalue weighted by Gasteiger charge is 2.24. The van der Waals surface area contributed by atoms with Crippen LogP contribution in [-0.2, 0) is 14.8 Å².